The number of nitrogens with zero attached hydrogens (tertiary/aromatic N) is 1. The molecule has 0 aliphatic carbocycles. The highest BCUT2D eigenvalue weighted by Crippen LogP contribution is 2.11. The van der Waals surface area contributed by atoms with E-state index in [0.717, 1.165) is 11.3 Å². The van der Waals surface area contributed by atoms with Crippen LogP contribution in [-0.4, -0.2) is 25.3 Å². The molecule has 0 unspecified atom stereocenters. The summed E-state index contributed by atoms with van der Waals surface area (Å²) in [5, 5.41) is 3.89. The Morgan fingerprint density at radius 3 is 2.64 bits per heavy atom. The lowest BCUT2D eigenvalue weighted by molar-refractivity contribution is -0.123. The monoisotopic (exact) mass is 298 g/mol. The van der Waals surface area contributed by atoms with Crippen LogP contribution in [0.1, 0.15) is 12.5 Å². The van der Waals surface area contributed by atoms with E-state index < -0.39 is 0 Å². The molecule has 1 amide bonds. The molecule has 5 nitrogen and oxygen atoms in total. The molecule has 114 valence electrons. The Morgan fingerprint density at radius 1 is 1.09 bits per heavy atom. The summed E-state index contributed by atoms with van der Waals surface area (Å²) in [4.78, 5) is 11.6. The predicted octanol–water partition coefficient (Wildman–Crippen LogP) is 2.61. The number of hydrogen-bond acceptors (Lipinski definition) is 4. The van der Waals surface area contributed by atoms with Crippen LogP contribution in [0.4, 0.5) is 0 Å². The van der Waals surface area contributed by atoms with Gasteiger partial charge in [-0.2, -0.15) is 5.10 Å². The molecule has 0 aliphatic rings. The van der Waals surface area contributed by atoms with Gasteiger partial charge in [0.2, 0.25) is 0 Å². The fourth-order valence-electron chi connectivity index (χ4n) is 1.73. The first-order valence-electron chi connectivity index (χ1n) is 7.00. The first-order valence-corrected chi connectivity index (χ1v) is 7.00. The Morgan fingerprint density at radius 2 is 1.86 bits per heavy atom. The van der Waals surface area contributed by atoms with Crippen molar-refractivity contribution >= 4 is 12.1 Å². The highest BCUT2D eigenvalue weighted by Gasteiger charge is 2.00. The fraction of sp³-hybridized carbons (Fsp3) is 0.176. The lowest BCUT2D eigenvalue weighted by atomic mass is 10.2. The lowest BCUT2D eigenvalue weighted by Crippen LogP contribution is -2.24. The number of rotatable bonds is 7. The molecular formula is C17H18N2O3. The smallest absolute Gasteiger partial charge is 0.277 e. The van der Waals surface area contributed by atoms with Gasteiger partial charge in [0.05, 0.1) is 12.8 Å². The minimum Gasteiger partial charge on any atom is -0.494 e. The quantitative estimate of drug-likeness (QED) is 0.631. The molecule has 22 heavy (non-hydrogen) atoms. The molecule has 0 heterocycles. The SMILES string of the molecule is CCOc1cccc(C=NNC(=O)COc2ccccc2)c1. The van der Waals surface area contributed by atoms with Crippen LogP contribution >= 0.6 is 0 Å². The molecule has 2 aromatic rings. The van der Waals surface area contributed by atoms with Gasteiger partial charge in [0, 0.05) is 0 Å². The van der Waals surface area contributed by atoms with Crippen molar-refractivity contribution in [3.8, 4) is 11.5 Å². The second-order valence-corrected chi connectivity index (χ2v) is 4.40. The van der Waals surface area contributed by atoms with Gasteiger partial charge in [-0.1, -0.05) is 30.3 Å². The summed E-state index contributed by atoms with van der Waals surface area (Å²) in [6, 6.07) is 16.6. The molecule has 1 N–H and O–H groups in total. The number of nitrogens with one attached hydrogen (secondary N) is 1. The molecule has 0 atom stereocenters. The van der Waals surface area contributed by atoms with Crippen LogP contribution in [0.3, 0.4) is 0 Å². The van der Waals surface area contributed by atoms with E-state index in [2.05, 4.69) is 10.5 Å². The number of amides is 1. The summed E-state index contributed by atoms with van der Waals surface area (Å²) in [6.07, 6.45) is 1.56. The number of ether oxygens (including phenoxy) is 2. The normalized spacial score (nSPS) is 10.4. The van der Waals surface area contributed by atoms with Crippen molar-refractivity contribution in [2.24, 2.45) is 5.10 Å². The van der Waals surface area contributed by atoms with Crippen LogP contribution in [-0.2, 0) is 4.79 Å². The van der Waals surface area contributed by atoms with Crippen molar-refractivity contribution in [1.29, 1.82) is 0 Å². The Kier molecular flexibility index (Phi) is 5.99. The number of hydrazone groups is 1. The predicted molar refractivity (Wildman–Crippen MR) is 85.3 cm³/mol. The van der Waals surface area contributed by atoms with Crippen LogP contribution in [0.25, 0.3) is 0 Å². The van der Waals surface area contributed by atoms with Crippen molar-refractivity contribution in [2.75, 3.05) is 13.2 Å². The number of carbonyl (C=O) groups is 1. The number of hydrogen-bond donors (Lipinski definition) is 1. The van der Waals surface area contributed by atoms with Gasteiger partial charge >= 0.3 is 0 Å². The third kappa shape index (κ3) is 5.28. The first kappa shape index (κ1) is 15.6. The van der Waals surface area contributed by atoms with Gasteiger partial charge in [-0.3, -0.25) is 4.79 Å². The summed E-state index contributed by atoms with van der Waals surface area (Å²) in [5.74, 6) is 1.09. The second-order valence-electron chi connectivity index (χ2n) is 4.40. The molecule has 0 fully saturated rings. The van der Waals surface area contributed by atoms with Gasteiger partial charge in [0.15, 0.2) is 6.61 Å². The third-order valence-electron chi connectivity index (χ3n) is 2.69. The Labute approximate surface area is 129 Å². The van der Waals surface area contributed by atoms with E-state index in [1.807, 2.05) is 49.4 Å². The number of para-hydroxylation sites is 1. The Hall–Kier alpha value is -2.82. The molecule has 0 aromatic heterocycles. The van der Waals surface area contributed by atoms with E-state index in [1.165, 1.54) is 0 Å². The number of benzene rings is 2. The molecule has 0 saturated carbocycles. The van der Waals surface area contributed by atoms with Crippen LogP contribution in [0.5, 0.6) is 11.5 Å². The van der Waals surface area contributed by atoms with Gasteiger partial charge in [-0.25, -0.2) is 5.43 Å². The van der Waals surface area contributed by atoms with Crippen LogP contribution in [0.15, 0.2) is 59.7 Å². The maximum Gasteiger partial charge on any atom is 0.277 e. The Bertz CT molecular complexity index is 627. The zero-order valence-electron chi connectivity index (χ0n) is 12.4. The summed E-state index contributed by atoms with van der Waals surface area (Å²) >= 11 is 0. The standard InChI is InChI=1S/C17H18N2O3/c1-2-21-16-10-6-7-14(11-16)12-18-19-17(20)13-22-15-8-4-3-5-9-15/h3-12H,2,13H2,1H3,(H,19,20). The summed E-state index contributed by atoms with van der Waals surface area (Å²) in [5.41, 5.74) is 3.26. The lowest BCUT2D eigenvalue weighted by Gasteiger charge is -2.04. The van der Waals surface area contributed by atoms with E-state index in [9.17, 15) is 4.79 Å². The topological polar surface area (TPSA) is 59.9 Å². The van der Waals surface area contributed by atoms with E-state index in [1.54, 1.807) is 18.3 Å². The molecule has 0 saturated heterocycles. The Balaban J connectivity index is 1.79. The van der Waals surface area contributed by atoms with Crippen molar-refractivity contribution in [3.63, 3.8) is 0 Å². The average Bonchev–Trinajstić information content (AvgIpc) is 2.55. The molecule has 2 aromatic carbocycles. The zero-order valence-corrected chi connectivity index (χ0v) is 12.4. The maximum atomic E-state index is 11.6. The largest absolute Gasteiger partial charge is 0.494 e. The molecule has 0 aliphatic heterocycles. The van der Waals surface area contributed by atoms with Gasteiger partial charge < -0.3 is 9.47 Å². The summed E-state index contributed by atoms with van der Waals surface area (Å²) < 4.78 is 10.7. The number of carbonyl (C=O) groups excluding carboxylic acids is 1. The van der Waals surface area contributed by atoms with Crippen LogP contribution in [0, 0.1) is 0 Å². The van der Waals surface area contributed by atoms with E-state index in [4.69, 9.17) is 9.47 Å². The highest BCUT2D eigenvalue weighted by atomic mass is 16.5. The molecule has 0 bridgehead atoms. The first-order chi connectivity index (χ1) is 10.8. The van der Waals surface area contributed by atoms with Crippen molar-refractivity contribution < 1.29 is 14.3 Å². The minimum absolute atomic E-state index is 0.0830. The van der Waals surface area contributed by atoms with E-state index in [0.29, 0.717) is 12.4 Å². The summed E-state index contributed by atoms with van der Waals surface area (Å²) in [6.45, 7) is 2.45. The van der Waals surface area contributed by atoms with E-state index >= 15 is 0 Å². The fourth-order valence-corrected chi connectivity index (χ4v) is 1.73. The average molecular weight is 298 g/mol. The molecular weight excluding hydrogens is 280 g/mol. The molecule has 5 heteroatoms. The van der Waals surface area contributed by atoms with E-state index in [-0.39, 0.29) is 12.5 Å². The zero-order chi connectivity index (χ0) is 15.6. The van der Waals surface area contributed by atoms with Gasteiger partial charge in [0.1, 0.15) is 11.5 Å². The molecule has 0 spiro atoms. The highest BCUT2D eigenvalue weighted by molar-refractivity contribution is 5.83. The van der Waals surface area contributed by atoms with Crippen molar-refractivity contribution in [2.45, 2.75) is 6.92 Å². The van der Waals surface area contributed by atoms with Gasteiger partial charge in [0.25, 0.3) is 5.91 Å². The maximum absolute atomic E-state index is 11.6. The van der Waals surface area contributed by atoms with Gasteiger partial charge in [-0.05, 0) is 36.8 Å². The minimum atomic E-state index is -0.318. The van der Waals surface area contributed by atoms with Gasteiger partial charge in [-0.15, -0.1) is 0 Å². The summed E-state index contributed by atoms with van der Waals surface area (Å²) in [7, 11) is 0. The molecule has 0 radical (unpaired) electrons. The third-order valence-corrected chi connectivity index (χ3v) is 2.69. The van der Waals surface area contributed by atoms with Crippen LogP contribution < -0.4 is 14.9 Å². The van der Waals surface area contributed by atoms with Crippen molar-refractivity contribution in [1.82, 2.24) is 5.43 Å². The van der Waals surface area contributed by atoms with Crippen LogP contribution in [0.2, 0.25) is 0 Å². The second kappa shape index (κ2) is 8.46. The molecule has 2 rings (SSSR count). The van der Waals surface area contributed by atoms with Crippen molar-refractivity contribution in [3.05, 3.63) is 60.2 Å².